The summed E-state index contributed by atoms with van der Waals surface area (Å²) in [4.78, 5) is 0. The summed E-state index contributed by atoms with van der Waals surface area (Å²) in [6, 6.07) is 4.66. The Bertz CT molecular complexity index is 682. The highest BCUT2D eigenvalue weighted by Crippen LogP contribution is 2.29. The fourth-order valence-electron chi connectivity index (χ4n) is 2.60. The Kier molecular flexibility index (Phi) is 4.37. The summed E-state index contributed by atoms with van der Waals surface area (Å²) < 4.78 is 19.4. The van der Waals surface area contributed by atoms with Gasteiger partial charge in [-0.25, -0.2) is 9.07 Å². The highest BCUT2D eigenvalue weighted by atomic mass is 19.1. The van der Waals surface area contributed by atoms with Gasteiger partial charge in [0.2, 0.25) is 0 Å². The molecule has 0 amide bonds. The number of rotatable bonds is 3. The van der Waals surface area contributed by atoms with E-state index < -0.39 is 43.1 Å². The molecule has 8 nitrogen and oxygen atoms in total. The maximum Gasteiger partial charge on any atom is 0.183 e. The van der Waals surface area contributed by atoms with Crippen molar-refractivity contribution in [1.29, 1.82) is 0 Å². The quantitative estimate of drug-likeness (QED) is 0.574. The normalized spacial score (nSPS) is 31.3. The Morgan fingerprint density at radius 3 is 2.70 bits per heavy atom. The number of hydrogen-bond donors (Lipinski definition) is 4. The van der Waals surface area contributed by atoms with Gasteiger partial charge >= 0.3 is 0 Å². The molecule has 1 saturated heterocycles. The van der Waals surface area contributed by atoms with E-state index >= 15 is 0 Å². The van der Waals surface area contributed by atoms with Crippen LogP contribution in [0.4, 0.5) is 4.39 Å². The molecule has 1 aromatic heterocycles. The van der Waals surface area contributed by atoms with E-state index in [1.165, 1.54) is 29.1 Å². The molecule has 0 saturated carbocycles. The van der Waals surface area contributed by atoms with Crippen molar-refractivity contribution in [3.8, 4) is 11.3 Å². The molecule has 124 valence electrons. The Labute approximate surface area is 130 Å². The van der Waals surface area contributed by atoms with Gasteiger partial charge in [-0.1, -0.05) is 17.3 Å². The molecule has 1 fully saturated rings. The van der Waals surface area contributed by atoms with Crippen LogP contribution in [0.5, 0.6) is 0 Å². The van der Waals surface area contributed by atoms with E-state index in [4.69, 9.17) is 4.74 Å². The van der Waals surface area contributed by atoms with Crippen molar-refractivity contribution in [1.82, 2.24) is 15.0 Å². The topological polar surface area (TPSA) is 121 Å². The SMILES string of the molecule is OC[C@H]1OC(O)[C@H](O)[C@@H](n2cc(-c3cccc(F)c3)nn2)[C@H]1O. The van der Waals surface area contributed by atoms with E-state index in [9.17, 15) is 24.8 Å². The predicted octanol–water partition coefficient (Wildman–Crippen LogP) is -0.943. The average Bonchev–Trinajstić information content (AvgIpc) is 3.01. The van der Waals surface area contributed by atoms with Crippen LogP contribution >= 0.6 is 0 Å². The van der Waals surface area contributed by atoms with Crippen LogP contribution < -0.4 is 0 Å². The second-order valence-corrected chi connectivity index (χ2v) is 5.31. The van der Waals surface area contributed by atoms with Gasteiger partial charge in [0.05, 0.1) is 12.8 Å². The van der Waals surface area contributed by atoms with Crippen molar-refractivity contribution in [2.24, 2.45) is 0 Å². The fourth-order valence-corrected chi connectivity index (χ4v) is 2.60. The number of aliphatic hydroxyl groups is 4. The molecule has 4 N–H and O–H groups in total. The second kappa shape index (κ2) is 6.30. The van der Waals surface area contributed by atoms with Crippen molar-refractivity contribution < 1.29 is 29.6 Å². The highest BCUT2D eigenvalue weighted by Gasteiger charge is 2.45. The molecule has 0 spiro atoms. The summed E-state index contributed by atoms with van der Waals surface area (Å²) in [5.41, 5.74) is 0.817. The molecule has 0 bridgehead atoms. The van der Waals surface area contributed by atoms with E-state index in [2.05, 4.69) is 10.3 Å². The Balaban J connectivity index is 1.92. The fraction of sp³-hybridized carbons (Fsp3) is 0.429. The molecular formula is C14H16FN3O5. The average molecular weight is 325 g/mol. The first-order chi connectivity index (χ1) is 11.0. The second-order valence-electron chi connectivity index (χ2n) is 5.31. The molecule has 5 atom stereocenters. The third kappa shape index (κ3) is 2.96. The first-order valence-electron chi connectivity index (χ1n) is 6.99. The molecule has 0 radical (unpaired) electrons. The lowest BCUT2D eigenvalue weighted by Crippen LogP contribution is -2.55. The monoisotopic (exact) mass is 325 g/mol. The minimum absolute atomic E-state index is 0.338. The lowest BCUT2D eigenvalue weighted by molar-refractivity contribution is -0.270. The number of nitrogens with zero attached hydrogens (tertiary/aromatic N) is 3. The van der Waals surface area contributed by atoms with Crippen molar-refractivity contribution in [2.45, 2.75) is 30.6 Å². The zero-order chi connectivity index (χ0) is 16.6. The van der Waals surface area contributed by atoms with Crippen LogP contribution in [-0.2, 0) is 4.74 Å². The van der Waals surface area contributed by atoms with Crippen molar-refractivity contribution >= 4 is 0 Å². The molecule has 2 heterocycles. The molecule has 3 rings (SSSR count). The third-order valence-electron chi connectivity index (χ3n) is 3.80. The van der Waals surface area contributed by atoms with Gasteiger partial charge in [0.15, 0.2) is 6.29 Å². The summed E-state index contributed by atoms with van der Waals surface area (Å²) in [6.45, 7) is -0.535. The molecular weight excluding hydrogens is 309 g/mol. The van der Waals surface area contributed by atoms with Gasteiger partial charge in [0, 0.05) is 5.56 Å². The Morgan fingerprint density at radius 1 is 1.22 bits per heavy atom. The number of hydrogen-bond acceptors (Lipinski definition) is 7. The summed E-state index contributed by atoms with van der Waals surface area (Å²) >= 11 is 0. The van der Waals surface area contributed by atoms with Crippen LogP contribution in [0, 0.1) is 5.82 Å². The van der Waals surface area contributed by atoms with Gasteiger partial charge in [-0.05, 0) is 12.1 Å². The van der Waals surface area contributed by atoms with Crippen molar-refractivity contribution in [3.05, 3.63) is 36.3 Å². The molecule has 1 aliphatic heterocycles. The summed E-state index contributed by atoms with van der Waals surface area (Å²) in [5, 5.41) is 46.8. The van der Waals surface area contributed by atoms with E-state index in [1.54, 1.807) is 6.07 Å². The Morgan fingerprint density at radius 2 is 2.00 bits per heavy atom. The first-order valence-corrected chi connectivity index (χ1v) is 6.99. The lowest BCUT2D eigenvalue weighted by Gasteiger charge is -2.39. The van der Waals surface area contributed by atoms with Crippen molar-refractivity contribution in [2.75, 3.05) is 6.61 Å². The van der Waals surface area contributed by atoms with E-state index in [0.717, 1.165) is 0 Å². The summed E-state index contributed by atoms with van der Waals surface area (Å²) in [6.07, 6.45) is -4.00. The molecule has 23 heavy (non-hydrogen) atoms. The summed E-state index contributed by atoms with van der Waals surface area (Å²) in [7, 11) is 0. The number of aromatic nitrogens is 3. The number of ether oxygens (including phenoxy) is 1. The number of aliphatic hydroxyl groups excluding tert-OH is 4. The molecule has 1 aromatic carbocycles. The van der Waals surface area contributed by atoms with Gasteiger partial charge in [0.1, 0.15) is 35.9 Å². The van der Waals surface area contributed by atoms with Crippen LogP contribution in [0.1, 0.15) is 6.04 Å². The van der Waals surface area contributed by atoms with Gasteiger partial charge in [0.25, 0.3) is 0 Å². The van der Waals surface area contributed by atoms with Crippen LogP contribution in [0.2, 0.25) is 0 Å². The highest BCUT2D eigenvalue weighted by molar-refractivity contribution is 5.57. The molecule has 1 unspecified atom stereocenters. The molecule has 0 aliphatic carbocycles. The van der Waals surface area contributed by atoms with E-state index in [1.807, 2.05) is 0 Å². The van der Waals surface area contributed by atoms with Gasteiger partial charge in [-0.3, -0.25) is 0 Å². The van der Waals surface area contributed by atoms with Gasteiger partial charge in [-0.2, -0.15) is 0 Å². The zero-order valence-electron chi connectivity index (χ0n) is 11.9. The largest absolute Gasteiger partial charge is 0.394 e. The van der Waals surface area contributed by atoms with Crippen LogP contribution in [0.25, 0.3) is 11.3 Å². The van der Waals surface area contributed by atoms with Crippen LogP contribution in [0.3, 0.4) is 0 Å². The maximum absolute atomic E-state index is 13.3. The number of halogens is 1. The minimum Gasteiger partial charge on any atom is -0.394 e. The van der Waals surface area contributed by atoms with Gasteiger partial charge in [-0.15, -0.1) is 5.10 Å². The van der Waals surface area contributed by atoms with E-state index in [0.29, 0.717) is 11.3 Å². The minimum atomic E-state index is -1.58. The standard InChI is InChI=1S/C14H16FN3O5/c15-8-3-1-2-7(4-8)9-5-18(17-16-9)11-12(20)10(6-19)23-14(22)13(11)21/h1-5,10-14,19-22H,6H2/t10-,11+,12+,13-,14?/m1/s1. The molecule has 2 aromatic rings. The smallest absolute Gasteiger partial charge is 0.183 e. The third-order valence-corrected chi connectivity index (χ3v) is 3.80. The predicted molar refractivity (Wildman–Crippen MR) is 74.4 cm³/mol. The van der Waals surface area contributed by atoms with Crippen LogP contribution in [0.15, 0.2) is 30.5 Å². The number of benzene rings is 1. The lowest BCUT2D eigenvalue weighted by atomic mass is 9.96. The zero-order valence-corrected chi connectivity index (χ0v) is 11.9. The van der Waals surface area contributed by atoms with Crippen molar-refractivity contribution in [3.63, 3.8) is 0 Å². The summed E-state index contributed by atoms with van der Waals surface area (Å²) in [5.74, 6) is -0.432. The first kappa shape index (κ1) is 16.0. The van der Waals surface area contributed by atoms with E-state index in [-0.39, 0.29) is 0 Å². The van der Waals surface area contributed by atoms with Gasteiger partial charge < -0.3 is 25.2 Å². The Hall–Kier alpha value is -1.91. The molecule has 1 aliphatic rings. The van der Waals surface area contributed by atoms with Crippen LogP contribution in [-0.4, -0.2) is 66.6 Å². The maximum atomic E-state index is 13.3. The molecule has 9 heteroatoms.